The van der Waals surface area contributed by atoms with Crippen LogP contribution in [0.3, 0.4) is 0 Å². The van der Waals surface area contributed by atoms with Gasteiger partial charge in [0, 0.05) is 6.04 Å². The molecule has 0 saturated heterocycles. The van der Waals surface area contributed by atoms with E-state index >= 15 is 0 Å². The van der Waals surface area contributed by atoms with E-state index in [1.165, 1.54) is 11.0 Å². The first-order valence-electron chi connectivity index (χ1n) is 5.89. The summed E-state index contributed by atoms with van der Waals surface area (Å²) in [4.78, 5) is 22.6. The number of nitrogens with zero attached hydrogens (tertiary/aromatic N) is 2. The van der Waals surface area contributed by atoms with E-state index < -0.39 is 28.9 Å². The highest BCUT2D eigenvalue weighted by Gasteiger charge is 2.26. The van der Waals surface area contributed by atoms with Crippen molar-refractivity contribution in [3.8, 4) is 0 Å². The number of carbonyl (C=O) groups is 1. The van der Waals surface area contributed by atoms with Crippen molar-refractivity contribution in [1.29, 1.82) is 0 Å². The maximum atomic E-state index is 13.4. The summed E-state index contributed by atoms with van der Waals surface area (Å²) in [5.41, 5.74) is -0.368. The molecule has 1 aromatic rings. The van der Waals surface area contributed by atoms with Crippen molar-refractivity contribution in [1.82, 2.24) is 0 Å². The summed E-state index contributed by atoms with van der Waals surface area (Å²) in [7, 11) is 0. The van der Waals surface area contributed by atoms with E-state index in [9.17, 15) is 19.3 Å². The zero-order valence-corrected chi connectivity index (χ0v) is 12.6. The van der Waals surface area contributed by atoms with Crippen LogP contribution in [0.4, 0.5) is 15.8 Å². The minimum Gasteiger partial charge on any atom is -0.480 e. The molecular weight excluding hydrogens is 335 g/mol. The quantitative estimate of drug-likeness (QED) is 0.630. The molecule has 20 heavy (non-hydrogen) atoms. The largest absolute Gasteiger partial charge is 0.480 e. The molecule has 1 rings (SSSR count). The lowest BCUT2D eigenvalue weighted by atomic mass is 10.1. The predicted molar refractivity (Wildman–Crippen MR) is 75.5 cm³/mol. The molecule has 0 aromatic heterocycles. The molecule has 0 aliphatic rings. The maximum absolute atomic E-state index is 13.4. The number of halogens is 2. The fourth-order valence-electron chi connectivity index (χ4n) is 1.75. The number of rotatable bonds is 6. The SMILES string of the molecule is CCC(C)N(CC(=O)O)c1cc(Br)c(F)cc1[N+](=O)[O-]. The number of carboxylic acids is 1. The first-order valence-corrected chi connectivity index (χ1v) is 6.69. The number of nitro groups is 1. The van der Waals surface area contributed by atoms with Crippen LogP contribution in [-0.4, -0.2) is 28.6 Å². The van der Waals surface area contributed by atoms with Crippen LogP contribution in [0.15, 0.2) is 16.6 Å². The number of anilines is 1. The van der Waals surface area contributed by atoms with E-state index in [0.29, 0.717) is 6.42 Å². The number of hydrogen-bond donors (Lipinski definition) is 1. The fraction of sp³-hybridized carbons (Fsp3) is 0.417. The monoisotopic (exact) mass is 348 g/mol. The Hall–Kier alpha value is -1.70. The van der Waals surface area contributed by atoms with Gasteiger partial charge in [0.05, 0.1) is 15.5 Å². The molecule has 1 N–H and O–H groups in total. The van der Waals surface area contributed by atoms with Crippen molar-refractivity contribution in [3.63, 3.8) is 0 Å². The van der Waals surface area contributed by atoms with E-state index in [1.807, 2.05) is 6.92 Å². The molecule has 0 radical (unpaired) electrons. The minimum atomic E-state index is -1.11. The summed E-state index contributed by atoms with van der Waals surface area (Å²) in [5, 5.41) is 20.0. The van der Waals surface area contributed by atoms with E-state index in [1.54, 1.807) is 6.92 Å². The van der Waals surface area contributed by atoms with Crippen LogP contribution in [0.5, 0.6) is 0 Å². The highest BCUT2D eigenvalue weighted by atomic mass is 79.9. The molecule has 0 fully saturated rings. The Morgan fingerprint density at radius 2 is 2.20 bits per heavy atom. The Morgan fingerprint density at radius 1 is 1.60 bits per heavy atom. The molecule has 6 nitrogen and oxygen atoms in total. The first kappa shape index (κ1) is 16.4. The number of carboxylic acid groups (broad SMARTS) is 1. The Balaban J connectivity index is 3.41. The van der Waals surface area contributed by atoms with Crippen molar-refractivity contribution in [2.24, 2.45) is 0 Å². The summed E-state index contributed by atoms with van der Waals surface area (Å²) in [5.74, 6) is -1.88. The second-order valence-corrected chi connectivity index (χ2v) is 5.15. The van der Waals surface area contributed by atoms with E-state index in [-0.39, 0.29) is 16.2 Å². The smallest absolute Gasteiger partial charge is 0.323 e. The zero-order valence-electron chi connectivity index (χ0n) is 11.0. The van der Waals surface area contributed by atoms with Crippen LogP contribution >= 0.6 is 15.9 Å². The van der Waals surface area contributed by atoms with Crippen molar-refractivity contribution in [2.75, 3.05) is 11.4 Å². The Kier molecular flexibility index (Phi) is 5.43. The summed E-state index contributed by atoms with van der Waals surface area (Å²) in [6.45, 7) is 3.20. The molecule has 1 atom stereocenters. The van der Waals surface area contributed by atoms with Crippen LogP contribution in [0.1, 0.15) is 20.3 Å². The standard InChI is InChI=1S/C12H14BrFN2O4/c1-3-7(2)15(6-12(17)18)10-4-8(13)9(14)5-11(10)16(19)20/h4-5,7H,3,6H2,1-2H3,(H,17,18). The molecule has 1 unspecified atom stereocenters. The third-order valence-electron chi connectivity index (χ3n) is 2.95. The van der Waals surface area contributed by atoms with E-state index in [0.717, 1.165) is 6.07 Å². The first-order chi connectivity index (χ1) is 9.27. The molecular formula is C12H14BrFN2O4. The molecule has 8 heteroatoms. The lowest BCUT2D eigenvalue weighted by Crippen LogP contribution is -2.37. The van der Waals surface area contributed by atoms with Gasteiger partial charge in [0.1, 0.15) is 18.0 Å². The van der Waals surface area contributed by atoms with Crippen LogP contribution in [0.2, 0.25) is 0 Å². The van der Waals surface area contributed by atoms with Crippen molar-refractivity contribution < 1.29 is 19.2 Å². The van der Waals surface area contributed by atoms with Gasteiger partial charge in [-0.3, -0.25) is 14.9 Å². The van der Waals surface area contributed by atoms with Gasteiger partial charge in [0.2, 0.25) is 0 Å². The Bertz CT molecular complexity index is 538. The fourth-order valence-corrected chi connectivity index (χ4v) is 2.08. The Labute approximate surface area is 123 Å². The van der Waals surface area contributed by atoms with Crippen LogP contribution in [-0.2, 0) is 4.79 Å². The average Bonchev–Trinajstić information content (AvgIpc) is 2.37. The molecule has 0 aliphatic heterocycles. The van der Waals surface area contributed by atoms with Crippen LogP contribution < -0.4 is 4.90 Å². The zero-order chi connectivity index (χ0) is 15.4. The number of nitro benzene ring substituents is 1. The summed E-state index contributed by atoms with van der Waals surface area (Å²) in [6.07, 6.45) is 0.597. The van der Waals surface area contributed by atoms with Crippen LogP contribution in [0.25, 0.3) is 0 Å². The maximum Gasteiger partial charge on any atom is 0.323 e. The van der Waals surface area contributed by atoms with Gasteiger partial charge in [0.15, 0.2) is 0 Å². The lowest BCUT2D eigenvalue weighted by Gasteiger charge is -2.28. The predicted octanol–water partition coefficient (Wildman–Crippen LogP) is 3.19. The van der Waals surface area contributed by atoms with Gasteiger partial charge < -0.3 is 10.0 Å². The molecule has 0 aliphatic carbocycles. The van der Waals surface area contributed by atoms with Gasteiger partial charge in [0.25, 0.3) is 5.69 Å². The van der Waals surface area contributed by atoms with Gasteiger partial charge in [-0.15, -0.1) is 0 Å². The molecule has 0 spiro atoms. The number of benzene rings is 1. The second-order valence-electron chi connectivity index (χ2n) is 4.29. The molecule has 110 valence electrons. The molecule has 1 aromatic carbocycles. The third-order valence-corrected chi connectivity index (χ3v) is 3.56. The van der Waals surface area contributed by atoms with Gasteiger partial charge in [-0.2, -0.15) is 0 Å². The number of aliphatic carboxylic acids is 1. The normalized spacial score (nSPS) is 12.0. The summed E-state index contributed by atoms with van der Waals surface area (Å²) < 4.78 is 13.5. The van der Waals surface area contributed by atoms with Crippen molar-refractivity contribution >= 4 is 33.3 Å². The van der Waals surface area contributed by atoms with E-state index in [2.05, 4.69) is 15.9 Å². The van der Waals surface area contributed by atoms with Crippen molar-refractivity contribution in [2.45, 2.75) is 26.3 Å². The highest BCUT2D eigenvalue weighted by molar-refractivity contribution is 9.10. The van der Waals surface area contributed by atoms with Gasteiger partial charge in [-0.25, -0.2) is 4.39 Å². The Morgan fingerprint density at radius 3 is 2.65 bits per heavy atom. The minimum absolute atomic E-state index is 0.0526. The summed E-state index contributed by atoms with van der Waals surface area (Å²) in [6, 6.07) is 1.79. The highest BCUT2D eigenvalue weighted by Crippen LogP contribution is 2.34. The van der Waals surface area contributed by atoms with Crippen LogP contribution in [0, 0.1) is 15.9 Å². The molecule has 0 saturated carbocycles. The molecule has 0 heterocycles. The second kappa shape index (κ2) is 6.65. The van der Waals surface area contributed by atoms with E-state index in [4.69, 9.17) is 5.11 Å². The third kappa shape index (κ3) is 3.66. The van der Waals surface area contributed by atoms with Gasteiger partial charge in [-0.05, 0) is 35.3 Å². The molecule has 0 bridgehead atoms. The van der Waals surface area contributed by atoms with Gasteiger partial charge in [-0.1, -0.05) is 6.92 Å². The van der Waals surface area contributed by atoms with Gasteiger partial charge >= 0.3 is 5.97 Å². The lowest BCUT2D eigenvalue weighted by molar-refractivity contribution is -0.384. The average molecular weight is 349 g/mol. The molecule has 0 amide bonds. The summed E-state index contributed by atoms with van der Waals surface area (Å²) >= 11 is 2.96. The van der Waals surface area contributed by atoms with Crippen molar-refractivity contribution in [3.05, 3.63) is 32.5 Å². The number of hydrogen-bond acceptors (Lipinski definition) is 4. The topological polar surface area (TPSA) is 83.7 Å².